The average molecular weight is 279 g/mol. The van der Waals surface area contributed by atoms with Gasteiger partial charge in [0.1, 0.15) is 11.6 Å². The van der Waals surface area contributed by atoms with Crippen molar-refractivity contribution in [2.45, 2.75) is 6.61 Å². The van der Waals surface area contributed by atoms with Crippen LogP contribution in [-0.2, 0) is 11.4 Å². The van der Waals surface area contributed by atoms with Crippen LogP contribution < -0.4 is 5.90 Å². The number of carbonyl (C=O) groups is 1. The van der Waals surface area contributed by atoms with Crippen molar-refractivity contribution >= 4 is 5.97 Å². The van der Waals surface area contributed by atoms with E-state index < -0.39 is 17.6 Å². The summed E-state index contributed by atoms with van der Waals surface area (Å²) in [6.07, 6.45) is 0. The predicted molar refractivity (Wildman–Crippen MR) is 67.7 cm³/mol. The summed E-state index contributed by atoms with van der Waals surface area (Å²) in [5, 5.41) is 9.20. The fourth-order valence-corrected chi connectivity index (χ4v) is 1.90. The molecule has 0 bridgehead atoms. The first-order valence-electron chi connectivity index (χ1n) is 5.66. The second kappa shape index (κ2) is 5.77. The second-order valence-electron chi connectivity index (χ2n) is 4.12. The van der Waals surface area contributed by atoms with E-state index in [2.05, 4.69) is 4.84 Å². The molecule has 0 aliphatic heterocycles. The van der Waals surface area contributed by atoms with Crippen LogP contribution in [0.5, 0.6) is 0 Å². The minimum absolute atomic E-state index is 0.0176. The number of aromatic carboxylic acids is 1. The number of carboxylic acid groups (broad SMARTS) is 1. The largest absolute Gasteiger partial charge is 0.478 e. The highest BCUT2D eigenvalue weighted by Gasteiger charge is 2.16. The van der Waals surface area contributed by atoms with E-state index in [1.54, 1.807) is 6.07 Å². The summed E-state index contributed by atoms with van der Waals surface area (Å²) >= 11 is 0. The van der Waals surface area contributed by atoms with Gasteiger partial charge in [-0.25, -0.2) is 19.5 Å². The minimum atomic E-state index is -1.22. The first-order valence-corrected chi connectivity index (χ1v) is 5.66. The summed E-state index contributed by atoms with van der Waals surface area (Å²) in [7, 11) is 0. The van der Waals surface area contributed by atoms with Crippen molar-refractivity contribution in [2.75, 3.05) is 0 Å². The van der Waals surface area contributed by atoms with E-state index >= 15 is 0 Å². The first kappa shape index (κ1) is 14.1. The lowest BCUT2D eigenvalue weighted by Gasteiger charge is -2.09. The molecule has 6 heteroatoms. The molecule has 2 aromatic rings. The Labute approximate surface area is 113 Å². The molecule has 0 spiro atoms. The van der Waals surface area contributed by atoms with Crippen LogP contribution in [0.1, 0.15) is 15.9 Å². The molecule has 20 heavy (non-hydrogen) atoms. The summed E-state index contributed by atoms with van der Waals surface area (Å²) in [4.78, 5) is 15.7. The molecule has 4 nitrogen and oxygen atoms in total. The number of halogens is 2. The van der Waals surface area contributed by atoms with Crippen LogP contribution >= 0.6 is 0 Å². The summed E-state index contributed by atoms with van der Waals surface area (Å²) < 4.78 is 26.7. The molecule has 0 aliphatic carbocycles. The van der Waals surface area contributed by atoms with Crippen molar-refractivity contribution in [1.82, 2.24) is 0 Å². The SMILES string of the molecule is NOCc1ccc(-c2ccc(F)cc2F)c(C(=O)O)c1. The highest BCUT2D eigenvalue weighted by Crippen LogP contribution is 2.28. The van der Waals surface area contributed by atoms with Gasteiger partial charge in [0.2, 0.25) is 0 Å². The van der Waals surface area contributed by atoms with E-state index in [4.69, 9.17) is 5.90 Å². The van der Waals surface area contributed by atoms with Gasteiger partial charge in [-0.1, -0.05) is 12.1 Å². The molecule has 0 amide bonds. The van der Waals surface area contributed by atoms with Crippen molar-refractivity contribution < 1.29 is 23.5 Å². The molecule has 0 saturated carbocycles. The van der Waals surface area contributed by atoms with Gasteiger partial charge < -0.3 is 5.11 Å². The van der Waals surface area contributed by atoms with Crippen LogP contribution in [0, 0.1) is 11.6 Å². The predicted octanol–water partition coefficient (Wildman–Crippen LogP) is 2.72. The molecule has 104 valence electrons. The maximum Gasteiger partial charge on any atom is 0.336 e. The monoisotopic (exact) mass is 279 g/mol. The van der Waals surface area contributed by atoms with Gasteiger partial charge >= 0.3 is 5.97 Å². The zero-order valence-electron chi connectivity index (χ0n) is 10.3. The van der Waals surface area contributed by atoms with Crippen LogP contribution in [0.15, 0.2) is 36.4 Å². The van der Waals surface area contributed by atoms with Crippen molar-refractivity contribution in [1.29, 1.82) is 0 Å². The van der Waals surface area contributed by atoms with Crippen molar-refractivity contribution in [3.05, 3.63) is 59.2 Å². The summed E-state index contributed by atoms with van der Waals surface area (Å²) in [5.41, 5.74) is 0.612. The molecule has 2 aromatic carbocycles. The number of rotatable bonds is 4. The van der Waals surface area contributed by atoms with E-state index in [-0.39, 0.29) is 23.3 Å². The van der Waals surface area contributed by atoms with E-state index in [1.165, 1.54) is 18.2 Å². The smallest absolute Gasteiger partial charge is 0.336 e. The molecule has 0 unspecified atom stereocenters. The molecule has 2 rings (SSSR count). The number of hydrogen-bond acceptors (Lipinski definition) is 3. The second-order valence-corrected chi connectivity index (χ2v) is 4.12. The Hall–Kier alpha value is -2.31. The zero-order chi connectivity index (χ0) is 14.7. The number of hydrogen-bond donors (Lipinski definition) is 2. The molecule has 0 radical (unpaired) electrons. The summed E-state index contributed by atoms with van der Waals surface area (Å²) in [5.74, 6) is 2.16. The van der Waals surface area contributed by atoms with Gasteiger partial charge in [0.25, 0.3) is 0 Å². The number of nitrogens with two attached hydrogens (primary N) is 1. The quantitative estimate of drug-likeness (QED) is 0.844. The van der Waals surface area contributed by atoms with Gasteiger partial charge in [-0.2, -0.15) is 0 Å². The first-order chi connectivity index (χ1) is 9.52. The van der Waals surface area contributed by atoms with Crippen molar-refractivity contribution in [3.63, 3.8) is 0 Å². The minimum Gasteiger partial charge on any atom is -0.478 e. The van der Waals surface area contributed by atoms with Gasteiger partial charge in [-0.05, 0) is 29.3 Å². The highest BCUT2D eigenvalue weighted by atomic mass is 19.1. The lowest BCUT2D eigenvalue weighted by Crippen LogP contribution is -2.04. The molecular formula is C14H11F2NO3. The zero-order valence-corrected chi connectivity index (χ0v) is 10.3. The Bertz CT molecular complexity index is 659. The average Bonchev–Trinajstić information content (AvgIpc) is 2.39. The Morgan fingerprint density at radius 1 is 1.15 bits per heavy atom. The molecule has 0 heterocycles. The Kier molecular flexibility index (Phi) is 4.07. The highest BCUT2D eigenvalue weighted by molar-refractivity contribution is 5.96. The molecular weight excluding hydrogens is 268 g/mol. The van der Waals surface area contributed by atoms with Crippen LogP contribution in [0.3, 0.4) is 0 Å². The van der Waals surface area contributed by atoms with Crippen LogP contribution in [-0.4, -0.2) is 11.1 Å². The van der Waals surface area contributed by atoms with Crippen LogP contribution in [0.2, 0.25) is 0 Å². The maximum atomic E-state index is 13.8. The van der Waals surface area contributed by atoms with Gasteiger partial charge in [-0.3, -0.25) is 4.84 Å². The number of benzene rings is 2. The van der Waals surface area contributed by atoms with Crippen LogP contribution in [0.25, 0.3) is 11.1 Å². The van der Waals surface area contributed by atoms with Gasteiger partial charge in [0, 0.05) is 11.6 Å². The molecule has 0 aromatic heterocycles. The molecule has 3 N–H and O–H groups in total. The summed E-state index contributed by atoms with van der Waals surface area (Å²) in [6.45, 7) is 0.0342. The lowest BCUT2D eigenvalue weighted by atomic mass is 9.97. The lowest BCUT2D eigenvalue weighted by molar-refractivity contribution is 0.0697. The molecule has 0 aliphatic rings. The number of carboxylic acids is 1. The third kappa shape index (κ3) is 2.81. The van der Waals surface area contributed by atoms with Gasteiger partial charge in [-0.15, -0.1) is 0 Å². The van der Waals surface area contributed by atoms with Gasteiger partial charge in [0.15, 0.2) is 0 Å². The van der Waals surface area contributed by atoms with Crippen molar-refractivity contribution in [2.24, 2.45) is 5.90 Å². The van der Waals surface area contributed by atoms with E-state index in [0.29, 0.717) is 11.6 Å². The van der Waals surface area contributed by atoms with Gasteiger partial charge in [0.05, 0.1) is 12.2 Å². The van der Waals surface area contributed by atoms with Crippen molar-refractivity contribution in [3.8, 4) is 11.1 Å². The maximum absolute atomic E-state index is 13.8. The normalized spacial score (nSPS) is 10.6. The molecule has 0 saturated heterocycles. The summed E-state index contributed by atoms with van der Waals surface area (Å²) in [6, 6.07) is 7.32. The third-order valence-corrected chi connectivity index (χ3v) is 2.79. The Morgan fingerprint density at radius 3 is 2.45 bits per heavy atom. The topological polar surface area (TPSA) is 72.5 Å². The fraction of sp³-hybridized carbons (Fsp3) is 0.0714. The van der Waals surface area contributed by atoms with E-state index in [9.17, 15) is 18.7 Å². The van der Waals surface area contributed by atoms with E-state index in [1.807, 2.05) is 0 Å². The van der Waals surface area contributed by atoms with E-state index in [0.717, 1.165) is 6.07 Å². The standard InChI is InChI=1S/C14H11F2NO3/c15-9-2-4-11(13(16)6-9)10-3-1-8(7-20-17)5-12(10)14(18)19/h1-6H,7,17H2,(H,18,19). The fourth-order valence-electron chi connectivity index (χ4n) is 1.90. The Balaban J connectivity index is 2.58. The van der Waals surface area contributed by atoms with Crippen LogP contribution in [0.4, 0.5) is 8.78 Å². The Morgan fingerprint density at radius 2 is 1.85 bits per heavy atom. The molecule has 0 fully saturated rings. The molecule has 0 atom stereocenters. The third-order valence-electron chi connectivity index (χ3n) is 2.79.